The largest absolute Gasteiger partial charge is 0.342 e. The summed E-state index contributed by atoms with van der Waals surface area (Å²) in [6, 6.07) is 0. The van der Waals surface area contributed by atoms with Crippen LogP contribution in [-0.2, 0) is 18.9 Å². The summed E-state index contributed by atoms with van der Waals surface area (Å²) in [4.78, 5) is 38.4. The number of aryl methyl sites for hydroxylation is 1. The smallest absolute Gasteiger partial charge is 0.330 e. The van der Waals surface area contributed by atoms with Gasteiger partial charge in [-0.3, -0.25) is 14.2 Å². The summed E-state index contributed by atoms with van der Waals surface area (Å²) in [7, 11) is 4.91. The lowest BCUT2D eigenvalue weighted by atomic mass is 9.49. The van der Waals surface area contributed by atoms with Crippen LogP contribution in [0.4, 0.5) is 0 Å². The molecule has 0 aromatic carbocycles. The highest BCUT2D eigenvalue weighted by Gasteiger charge is 2.51. The van der Waals surface area contributed by atoms with Crippen LogP contribution in [0.2, 0.25) is 0 Å². The molecule has 6 heteroatoms. The predicted molar refractivity (Wildman–Crippen MR) is 104 cm³/mol. The lowest BCUT2D eigenvalue weighted by molar-refractivity contribution is -0.130. The van der Waals surface area contributed by atoms with Gasteiger partial charge in [0, 0.05) is 40.0 Å². The Morgan fingerprint density at radius 3 is 2.26 bits per heavy atom. The van der Waals surface area contributed by atoms with Crippen LogP contribution in [0.5, 0.6) is 0 Å². The lowest BCUT2D eigenvalue weighted by Gasteiger charge is -2.57. The van der Waals surface area contributed by atoms with E-state index in [0.29, 0.717) is 11.0 Å². The molecule has 1 aromatic rings. The van der Waals surface area contributed by atoms with Crippen LogP contribution in [0.25, 0.3) is 6.08 Å². The van der Waals surface area contributed by atoms with Crippen molar-refractivity contribution in [2.75, 3.05) is 13.6 Å². The van der Waals surface area contributed by atoms with Gasteiger partial charge < -0.3 is 9.47 Å². The van der Waals surface area contributed by atoms with Crippen LogP contribution in [0, 0.1) is 23.2 Å². The molecule has 1 heterocycles. The Hall–Kier alpha value is -2.11. The quantitative estimate of drug-likeness (QED) is 0.758. The molecule has 0 saturated heterocycles. The molecule has 27 heavy (non-hydrogen) atoms. The first-order valence-electron chi connectivity index (χ1n) is 9.96. The Morgan fingerprint density at radius 1 is 1.15 bits per heavy atom. The first kappa shape index (κ1) is 18.3. The Bertz CT molecular complexity index is 873. The molecular formula is C21H29N3O3. The average molecular weight is 371 g/mol. The van der Waals surface area contributed by atoms with Crippen LogP contribution in [0.15, 0.2) is 21.9 Å². The van der Waals surface area contributed by atoms with E-state index in [1.807, 2.05) is 11.9 Å². The fourth-order valence-corrected chi connectivity index (χ4v) is 6.30. The molecule has 1 aromatic heterocycles. The van der Waals surface area contributed by atoms with E-state index in [1.165, 1.54) is 68.5 Å². The molecule has 4 saturated carbocycles. The number of hydrogen-bond donors (Lipinski definition) is 0. The number of rotatable bonds is 4. The van der Waals surface area contributed by atoms with Gasteiger partial charge in [0.05, 0.1) is 5.56 Å². The SMILES string of the molecule is CN(CC12CC3CC(CC(C3)C1)C2)C(=O)C=Cc1cn(C)c(=O)n(C)c1=O. The van der Waals surface area contributed by atoms with E-state index in [-0.39, 0.29) is 17.2 Å². The summed E-state index contributed by atoms with van der Waals surface area (Å²) < 4.78 is 2.41. The monoisotopic (exact) mass is 371 g/mol. The minimum Gasteiger partial charge on any atom is -0.342 e. The van der Waals surface area contributed by atoms with Crippen molar-refractivity contribution in [1.82, 2.24) is 14.0 Å². The summed E-state index contributed by atoms with van der Waals surface area (Å²) in [5, 5.41) is 0. The zero-order valence-electron chi connectivity index (χ0n) is 16.5. The molecule has 0 radical (unpaired) electrons. The van der Waals surface area contributed by atoms with Gasteiger partial charge in [0.25, 0.3) is 5.56 Å². The van der Waals surface area contributed by atoms with Gasteiger partial charge in [-0.25, -0.2) is 4.79 Å². The highest BCUT2D eigenvalue weighted by atomic mass is 16.2. The fourth-order valence-electron chi connectivity index (χ4n) is 6.30. The average Bonchev–Trinajstić information content (AvgIpc) is 2.60. The van der Waals surface area contributed by atoms with Gasteiger partial charge in [0.2, 0.25) is 5.91 Å². The highest BCUT2D eigenvalue weighted by molar-refractivity contribution is 5.91. The lowest BCUT2D eigenvalue weighted by Crippen LogP contribution is -2.51. The topological polar surface area (TPSA) is 64.3 Å². The molecule has 5 rings (SSSR count). The van der Waals surface area contributed by atoms with Crippen molar-refractivity contribution in [2.45, 2.75) is 38.5 Å². The van der Waals surface area contributed by atoms with Gasteiger partial charge in [0.15, 0.2) is 0 Å². The molecule has 6 nitrogen and oxygen atoms in total. The second-order valence-corrected chi connectivity index (χ2v) is 9.29. The molecule has 1 amide bonds. The highest BCUT2D eigenvalue weighted by Crippen LogP contribution is 2.60. The summed E-state index contributed by atoms with van der Waals surface area (Å²) in [5.41, 5.74) is -0.107. The van der Waals surface area contributed by atoms with Crippen LogP contribution in [0.3, 0.4) is 0 Å². The molecule has 4 aliphatic rings. The van der Waals surface area contributed by atoms with Crippen molar-refractivity contribution < 1.29 is 4.79 Å². The van der Waals surface area contributed by atoms with E-state index >= 15 is 0 Å². The van der Waals surface area contributed by atoms with E-state index in [4.69, 9.17) is 0 Å². The Labute approximate surface area is 159 Å². The van der Waals surface area contributed by atoms with Gasteiger partial charge >= 0.3 is 5.69 Å². The van der Waals surface area contributed by atoms with Gasteiger partial charge in [-0.15, -0.1) is 0 Å². The molecule has 0 unspecified atom stereocenters. The third-order valence-corrected chi connectivity index (χ3v) is 6.99. The maximum absolute atomic E-state index is 12.7. The summed E-state index contributed by atoms with van der Waals surface area (Å²) >= 11 is 0. The molecule has 0 atom stereocenters. The third kappa shape index (κ3) is 3.30. The first-order chi connectivity index (χ1) is 12.8. The maximum Gasteiger partial charge on any atom is 0.330 e. The Balaban J connectivity index is 1.47. The van der Waals surface area contributed by atoms with Crippen molar-refractivity contribution in [3.05, 3.63) is 38.7 Å². The molecule has 0 aliphatic heterocycles. The molecular weight excluding hydrogens is 342 g/mol. The van der Waals surface area contributed by atoms with Crippen molar-refractivity contribution in [1.29, 1.82) is 0 Å². The first-order valence-corrected chi connectivity index (χ1v) is 9.96. The Morgan fingerprint density at radius 2 is 1.70 bits per heavy atom. The van der Waals surface area contributed by atoms with E-state index in [2.05, 4.69) is 0 Å². The minimum absolute atomic E-state index is 0.0818. The second kappa shape index (κ2) is 6.50. The summed E-state index contributed by atoms with van der Waals surface area (Å²) in [5.74, 6) is 2.51. The predicted octanol–water partition coefficient (Wildman–Crippen LogP) is 1.77. The van der Waals surface area contributed by atoms with E-state index < -0.39 is 0 Å². The third-order valence-electron chi connectivity index (χ3n) is 6.99. The molecule has 4 bridgehead atoms. The van der Waals surface area contributed by atoms with Crippen molar-refractivity contribution in [3.8, 4) is 0 Å². The number of hydrogen-bond acceptors (Lipinski definition) is 3. The summed E-state index contributed by atoms with van der Waals surface area (Å²) in [6.45, 7) is 0.810. The number of carbonyl (C=O) groups excluding carboxylic acids is 1. The molecule has 0 spiro atoms. The zero-order chi connectivity index (χ0) is 19.3. The van der Waals surface area contributed by atoms with Crippen LogP contribution < -0.4 is 11.2 Å². The van der Waals surface area contributed by atoms with Crippen molar-refractivity contribution in [2.24, 2.45) is 37.3 Å². The Kier molecular flexibility index (Phi) is 4.40. The number of nitrogens with zero attached hydrogens (tertiary/aromatic N) is 3. The second-order valence-electron chi connectivity index (χ2n) is 9.29. The van der Waals surface area contributed by atoms with Crippen LogP contribution >= 0.6 is 0 Å². The molecule has 0 N–H and O–H groups in total. The number of likely N-dealkylation sites (N-methyl/N-ethyl adjacent to an activating group) is 1. The van der Waals surface area contributed by atoms with Crippen molar-refractivity contribution in [3.63, 3.8) is 0 Å². The van der Waals surface area contributed by atoms with Crippen molar-refractivity contribution >= 4 is 12.0 Å². The van der Waals surface area contributed by atoms with Crippen LogP contribution in [0.1, 0.15) is 44.1 Å². The number of carbonyl (C=O) groups is 1. The van der Waals surface area contributed by atoms with E-state index in [1.54, 1.807) is 7.05 Å². The molecule has 4 aliphatic carbocycles. The number of amides is 1. The van der Waals surface area contributed by atoms with E-state index in [9.17, 15) is 14.4 Å². The standard InChI is InChI=1S/C21H29N3O3/c1-22-12-17(19(26)24(3)20(22)27)4-5-18(25)23(2)13-21-9-14-6-15(10-21)8-16(7-14)11-21/h4-5,12,14-16H,6-11,13H2,1-3H3. The molecule has 146 valence electrons. The minimum atomic E-state index is -0.383. The normalized spacial score (nSPS) is 31.6. The van der Waals surface area contributed by atoms with Gasteiger partial charge in [0.1, 0.15) is 0 Å². The van der Waals surface area contributed by atoms with E-state index in [0.717, 1.165) is 28.9 Å². The fraction of sp³-hybridized carbons (Fsp3) is 0.667. The maximum atomic E-state index is 12.7. The van der Waals surface area contributed by atoms with Gasteiger partial charge in [-0.2, -0.15) is 0 Å². The van der Waals surface area contributed by atoms with Gasteiger partial charge in [-0.05, 0) is 67.8 Å². The van der Waals surface area contributed by atoms with Gasteiger partial charge in [-0.1, -0.05) is 0 Å². The van der Waals surface area contributed by atoms with Crippen LogP contribution in [-0.4, -0.2) is 33.5 Å². The number of aromatic nitrogens is 2. The molecule has 4 fully saturated rings. The zero-order valence-corrected chi connectivity index (χ0v) is 16.5. The summed E-state index contributed by atoms with van der Waals surface area (Å²) in [6.07, 6.45) is 12.5.